The fourth-order valence-corrected chi connectivity index (χ4v) is 7.20. The molecule has 0 saturated heterocycles. The Kier molecular flexibility index (Phi) is 5.04. The van der Waals surface area contributed by atoms with Crippen molar-refractivity contribution in [3.05, 3.63) is 58.6 Å². The van der Waals surface area contributed by atoms with E-state index in [1.165, 1.54) is 24.3 Å². The molecule has 2 aliphatic rings. The number of rotatable bonds is 3. The van der Waals surface area contributed by atoms with Gasteiger partial charge in [0.2, 0.25) is 0 Å². The van der Waals surface area contributed by atoms with Gasteiger partial charge >= 0.3 is 0 Å². The van der Waals surface area contributed by atoms with E-state index in [9.17, 15) is 17.9 Å². The Morgan fingerprint density at radius 3 is 2.50 bits per heavy atom. The molecule has 0 bridgehead atoms. The van der Waals surface area contributed by atoms with Gasteiger partial charge in [0.1, 0.15) is 10.6 Å². The first-order chi connectivity index (χ1) is 14.1. The summed E-state index contributed by atoms with van der Waals surface area (Å²) < 4.78 is 61.0. The minimum Gasteiger partial charge on any atom is -0.490 e. The van der Waals surface area contributed by atoms with E-state index < -0.39 is 43.5 Å². The van der Waals surface area contributed by atoms with E-state index >= 15 is 4.39 Å². The summed E-state index contributed by atoms with van der Waals surface area (Å²) in [4.78, 5) is -0.0841. The molecule has 1 saturated carbocycles. The molecule has 0 aromatic heterocycles. The molecule has 3 atom stereocenters. The summed E-state index contributed by atoms with van der Waals surface area (Å²) in [6.45, 7) is -0.228. The summed E-state index contributed by atoms with van der Waals surface area (Å²) in [7, 11) is -4.26. The van der Waals surface area contributed by atoms with Crippen molar-refractivity contribution in [1.82, 2.24) is 0 Å². The fourth-order valence-electron chi connectivity index (χ4n) is 4.74. The highest BCUT2D eigenvalue weighted by Crippen LogP contribution is 2.58. The van der Waals surface area contributed by atoms with Gasteiger partial charge in [0.05, 0.1) is 35.2 Å². The van der Waals surface area contributed by atoms with Gasteiger partial charge in [-0.15, -0.1) is 0 Å². The van der Waals surface area contributed by atoms with Gasteiger partial charge in [-0.25, -0.2) is 17.2 Å². The topological polar surface area (TPSA) is 87.4 Å². The predicted octanol–water partition coefficient (Wildman–Crippen LogP) is 4.12. The van der Waals surface area contributed by atoms with Crippen LogP contribution in [-0.4, -0.2) is 25.7 Å². The third kappa shape index (κ3) is 2.99. The average molecular weight is 454 g/mol. The first kappa shape index (κ1) is 21.0. The van der Waals surface area contributed by atoms with Crippen molar-refractivity contribution in [3.8, 4) is 11.8 Å². The predicted molar refractivity (Wildman–Crippen MR) is 105 cm³/mol. The summed E-state index contributed by atoms with van der Waals surface area (Å²) in [6.07, 6.45) is -0.529. The highest BCUT2D eigenvalue weighted by molar-refractivity contribution is 7.92. The van der Waals surface area contributed by atoms with Crippen molar-refractivity contribution in [3.63, 3.8) is 0 Å². The monoisotopic (exact) mass is 453 g/mol. The molecule has 2 aromatic carbocycles. The molecular weight excluding hydrogens is 436 g/mol. The van der Waals surface area contributed by atoms with Crippen LogP contribution in [0.25, 0.3) is 0 Å². The molecule has 158 valence electrons. The first-order valence-electron chi connectivity index (χ1n) is 9.35. The quantitative estimate of drug-likeness (QED) is 0.755. The molecule has 0 amide bonds. The second-order valence-corrected chi connectivity index (χ2v) is 10.5. The van der Waals surface area contributed by atoms with E-state index in [4.69, 9.17) is 21.6 Å². The smallest absolute Gasteiger partial charge is 0.188 e. The van der Waals surface area contributed by atoms with Crippen LogP contribution in [0, 0.1) is 28.9 Å². The van der Waals surface area contributed by atoms with Crippen molar-refractivity contribution in [2.45, 2.75) is 40.9 Å². The minimum atomic E-state index is -4.26. The average Bonchev–Trinajstić information content (AvgIpc) is 2.70. The number of nitriles is 1. The molecule has 1 aliphatic heterocycles. The zero-order valence-electron chi connectivity index (χ0n) is 15.7. The largest absolute Gasteiger partial charge is 0.490 e. The lowest BCUT2D eigenvalue weighted by atomic mass is 9.66. The zero-order valence-corrected chi connectivity index (χ0v) is 17.3. The van der Waals surface area contributed by atoms with Gasteiger partial charge in [-0.2, -0.15) is 5.26 Å². The number of hydrogen-bond acceptors (Lipinski definition) is 5. The van der Waals surface area contributed by atoms with Crippen molar-refractivity contribution in [2.24, 2.45) is 5.92 Å². The molecular formula is C21H18ClF2NO4S. The van der Waals surface area contributed by atoms with Crippen molar-refractivity contribution < 1.29 is 27.0 Å². The molecule has 9 heteroatoms. The summed E-state index contributed by atoms with van der Waals surface area (Å²) in [5.41, 5.74) is -1.78. The molecule has 1 unspecified atom stereocenters. The maximum atomic E-state index is 15.1. The second-order valence-electron chi connectivity index (χ2n) is 7.85. The normalized spacial score (nSPS) is 28.0. The molecule has 1 aliphatic carbocycles. The molecule has 1 heterocycles. The molecule has 0 spiro atoms. The molecule has 2 aromatic rings. The van der Waals surface area contributed by atoms with Crippen LogP contribution in [-0.2, 0) is 14.6 Å². The van der Waals surface area contributed by atoms with Gasteiger partial charge in [0.25, 0.3) is 0 Å². The SMILES string of the molecule is N#CCC1(O)CC[C@@]2(S(=O)(=O)c3ccc(Cl)cc3)c3c(F)ccc(F)c3OC[C@H]2C1. The summed E-state index contributed by atoms with van der Waals surface area (Å²) in [5.74, 6) is -3.05. The fraction of sp³-hybridized carbons (Fsp3) is 0.381. The molecule has 1 fully saturated rings. The minimum absolute atomic E-state index is 0.0563. The lowest BCUT2D eigenvalue weighted by molar-refractivity contribution is -0.0429. The van der Waals surface area contributed by atoms with E-state index in [0.717, 1.165) is 12.1 Å². The lowest BCUT2D eigenvalue weighted by Gasteiger charge is -2.51. The van der Waals surface area contributed by atoms with Crippen LogP contribution in [0.2, 0.25) is 5.02 Å². The Hall–Kier alpha value is -2.21. The number of ether oxygens (including phenoxy) is 1. The van der Waals surface area contributed by atoms with Crippen molar-refractivity contribution in [2.75, 3.05) is 6.61 Å². The Labute approximate surface area is 177 Å². The van der Waals surface area contributed by atoms with Crippen LogP contribution in [0.3, 0.4) is 0 Å². The maximum Gasteiger partial charge on any atom is 0.188 e. The molecule has 5 nitrogen and oxygen atoms in total. The van der Waals surface area contributed by atoms with E-state index in [1.54, 1.807) is 0 Å². The number of nitrogens with zero attached hydrogens (tertiary/aromatic N) is 1. The van der Waals surface area contributed by atoms with Gasteiger partial charge in [-0.3, -0.25) is 0 Å². The maximum absolute atomic E-state index is 15.1. The number of benzene rings is 2. The van der Waals surface area contributed by atoms with Crippen molar-refractivity contribution in [1.29, 1.82) is 5.26 Å². The summed E-state index contributed by atoms with van der Waals surface area (Å²) in [5, 5.41) is 20.2. The molecule has 30 heavy (non-hydrogen) atoms. The number of aliphatic hydroxyl groups is 1. The molecule has 0 radical (unpaired) electrons. The van der Waals surface area contributed by atoms with Gasteiger partial charge in [-0.1, -0.05) is 11.6 Å². The first-order valence-corrected chi connectivity index (χ1v) is 11.2. The third-order valence-corrected chi connectivity index (χ3v) is 9.02. The van der Waals surface area contributed by atoms with E-state index in [1.807, 2.05) is 6.07 Å². The number of fused-ring (bicyclic) bond motifs is 3. The van der Waals surface area contributed by atoms with Gasteiger partial charge in [0.15, 0.2) is 21.4 Å². The van der Waals surface area contributed by atoms with Gasteiger partial charge in [-0.05, 0) is 55.7 Å². The van der Waals surface area contributed by atoms with Gasteiger partial charge < -0.3 is 9.84 Å². The van der Waals surface area contributed by atoms with Crippen molar-refractivity contribution >= 4 is 21.4 Å². The highest BCUT2D eigenvalue weighted by atomic mass is 35.5. The van der Waals surface area contributed by atoms with E-state index in [0.29, 0.717) is 5.02 Å². The van der Waals surface area contributed by atoms with Crippen LogP contribution in [0.4, 0.5) is 8.78 Å². The highest BCUT2D eigenvalue weighted by Gasteiger charge is 2.61. The standard InChI is InChI=1S/C21H18ClF2NO4S/c22-14-1-3-15(4-2-14)30(27,28)21-8-7-20(26,9-10-25)11-13(21)12-29-19-17(24)6-5-16(23)18(19)21/h1-6,13,26H,7-9,11-12H2/t13-,20?,21+/m1/s1. The van der Waals surface area contributed by atoms with Gasteiger partial charge in [0, 0.05) is 10.9 Å². The molecule has 4 rings (SSSR count). The van der Waals surface area contributed by atoms with E-state index in [2.05, 4.69) is 0 Å². The Balaban J connectivity index is 1.98. The van der Waals surface area contributed by atoms with E-state index in [-0.39, 0.29) is 42.7 Å². The Morgan fingerprint density at radius 2 is 1.83 bits per heavy atom. The van der Waals surface area contributed by atoms with Crippen LogP contribution in [0.15, 0.2) is 41.3 Å². The number of halogens is 3. The van der Waals surface area contributed by atoms with Crippen LogP contribution in [0.5, 0.6) is 5.75 Å². The van der Waals surface area contributed by atoms with Crippen LogP contribution in [0.1, 0.15) is 31.2 Å². The Morgan fingerprint density at radius 1 is 1.17 bits per heavy atom. The lowest BCUT2D eigenvalue weighted by Crippen LogP contribution is -2.56. The summed E-state index contributed by atoms with van der Waals surface area (Å²) in [6, 6.07) is 9.17. The third-order valence-electron chi connectivity index (χ3n) is 6.17. The molecule has 1 N–H and O–H groups in total. The number of hydrogen-bond donors (Lipinski definition) is 1. The van der Waals surface area contributed by atoms with Crippen LogP contribution >= 0.6 is 11.6 Å². The summed E-state index contributed by atoms with van der Waals surface area (Å²) >= 11 is 5.89. The second kappa shape index (κ2) is 7.19. The number of sulfone groups is 1. The van der Waals surface area contributed by atoms with Crippen LogP contribution < -0.4 is 4.74 Å². The zero-order chi connectivity index (χ0) is 21.7. The Bertz CT molecular complexity index is 1150.